The molecule has 4 heterocycles. The van der Waals surface area contributed by atoms with E-state index < -0.39 is 5.82 Å². The average Bonchev–Trinajstić information content (AvgIpc) is 2.82. The minimum atomic E-state index is -0.568. The first-order valence-corrected chi connectivity index (χ1v) is 11.4. The van der Waals surface area contributed by atoms with E-state index in [1.807, 2.05) is 26.0 Å². The maximum Gasteiger partial charge on any atom is 0.229 e. The topological polar surface area (TPSA) is 90.5 Å². The van der Waals surface area contributed by atoms with Gasteiger partial charge in [-0.3, -0.25) is 0 Å². The lowest BCUT2D eigenvalue weighted by Gasteiger charge is -2.34. The highest BCUT2D eigenvalue weighted by Gasteiger charge is 2.27. The van der Waals surface area contributed by atoms with E-state index >= 15 is 0 Å². The Balaban J connectivity index is 1.31. The standard InChI is InChI=1S/C24H29FN8O/c1-24(2)15-27-22-19(34-24)7-8-20(30-22)29-21-18(25)14-26-23(31-21)28-16-5-4-6-17(13-16)33-11-9-32(3)10-12-33/h4-8,13-14H,9-12,15H2,1-3H3,(H3,26,27,28,29,30,31). The lowest BCUT2D eigenvalue weighted by atomic mass is 10.1. The fourth-order valence-electron chi connectivity index (χ4n) is 3.97. The molecule has 0 radical (unpaired) electrons. The van der Waals surface area contributed by atoms with E-state index in [1.54, 1.807) is 12.1 Å². The average molecular weight is 465 g/mol. The van der Waals surface area contributed by atoms with Crippen molar-refractivity contribution in [1.82, 2.24) is 19.9 Å². The molecule has 2 aliphatic rings. The zero-order valence-corrected chi connectivity index (χ0v) is 19.6. The van der Waals surface area contributed by atoms with E-state index in [1.165, 1.54) is 0 Å². The van der Waals surface area contributed by atoms with Gasteiger partial charge in [0.2, 0.25) is 5.95 Å². The van der Waals surface area contributed by atoms with Gasteiger partial charge < -0.3 is 30.5 Å². The molecule has 9 nitrogen and oxygen atoms in total. The summed E-state index contributed by atoms with van der Waals surface area (Å²) < 4.78 is 20.4. The summed E-state index contributed by atoms with van der Waals surface area (Å²) >= 11 is 0. The van der Waals surface area contributed by atoms with Crippen LogP contribution in [0.1, 0.15) is 13.8 Å². The summed E-state index contributed by atoms with van der Waals surface area (Å²) in [7, 11) is 2.14. The molecule has 2 aliphatic heterocycles. The quantitative estimate of drug-likeness (QED) is 0.521. The first kappa shape index (κ1) is 22.1. The molecule has 1 fully saturated rings. The summed E-state index contributed by atoms with van der Waals surface area (Å²) in [5.74, 6) is 1.49. The zero-order chi connectivity index (χ0) is 23.7. The fraction of sp³-hybridized carbons (Fsp3) is 0.375. The maximum atomic E-state index is 14.5. The number of piperazine rings is 1. The van der Waals surface area contributed by atoms with Crippen LogP contribution in [0.25, 0.3) is 0 Å². The van der Waals surface area contributed by atoms with Crippen molar-refractivity contribution < 1.29 is 9.13 Å². The maximum absolute atomic E-state index is 14.5. The second-order valence-corrected chi connectivity index (χ2v) is 9.24. The Morgan fingerprint density at radius 2 is 1.88 bits per heavy atom. The smallest absolute Gasteiger partial charge is 0.229 e. The molecule has 0 spiro atoms. The molecule has 0 saturated carbocycles. The molecule has 3 aromatic rings. The largest absolute Gasteiger partial charge is 0.482 e. The predicted molar refractivity (Wildman–Crippen MR) is 132 cm³/mol. The van der Waals surface area contributed by atoms with Gasteiger partial charge in [-0.15, -0.1) is 0 Å². The molecule has 0 bridgehead atoms. The third-order valence-electron chi connectivity index (χ3n) is 5.89. The molecule has 34 heavy (non-hydrogen) atoms. The number of ether oxygens (including phenoxy) is 1. The van der Waals surface area contributed by atoms with Crippen LogP contribution in [-0.4, -0.2) is 65.2 Å². The third kappa shape index (κ3) is 4.96. The molecule has 0 unspecified atom stereocenters. The molecule has 178 valence electrons. The Bertz CT molecular complexity index is 1180. The fourth-order valence-corrected chi connectivity index (χ4v) is 3.97. The second kappa shape index (κ2) is 8.94. The van der Waals surface area contributed by atoms with Gasteiger partial charge in [0.15, 0.2) is 23.2 Å². The molecule has 5 rings (SSSR count). The van der Waals surface area contributed by atoms with Gasteiger partial charge in [0.05, 0.1) is 12.7 Å². The van der Waals surface area contributed by atoms with Gasteiger partial charge in [-0.25, -0.2) is 14.4 Å². The van der Waals surface area contributed by atoms with E-state index in [4.69, 9.17) is 4.74 Å². The number of nitrogens with zero attached hydrogens (tertiary/aromatic N) is 5. The lowest BCUT2D eigenvalue weighted by Crippen LogP contribution is -2.44. The minimum absolute atomic E-state index is 0.0391. The number of fused-ring (bicyclic) bond motifs is 1. The first-order valence-electron chi connectivity index (χ1n) is 11.4. The molecule has 1 saturated heterocycles. The van der Waals surface area contributed by atoms with Gasteiger partial charge >= 0.3 is 0 Å². The number of pyridine rings is 1. The first-order chi connectivity index (χ1) is 16.3. The number of anilines is 6. The van der Waals surface area contributed by atoms with Crippen LogP contribution in [0, 0.1) is 5.82 Å². The molecule has 0 amide bonds. The van der Waals surface area contributed by atoms with Crippen LogP contribution in [0.2, 0.25) is 0 Å². The molecule has 0 atom stereocenters. The van der Waals surface area contributed by atoms with Gasteiger partial charge in [0, 0.05) is 37.6 Å². The van der Waals surface area contributed by atoms with Crippen LogP contribution in [0.15, 0.2) is 42.6 Å². The number of aromatic nitrogens is 3. The van der Waals surface area contributed by atoms with Crippen molar-refractivity contribution in [2.45, 2.75) is 19.4 Å². The Kier molecular flexibility index (Phi) is 5.82. The minimum Gasteiger partial charge on any atom is -0.482 e. The zero-order valence-electron chi connectivity index (χ0n) is 19.6. The van der Waals surface area contributed by atoms with Gasteiger partial charge in [-0.2, -0.15) is 4.98 Å². The number of benzene rings is 1. The predicted octanol–water partition coefficient (Wildman–Crippen LogP) is 3.83. The van der Waals surface area contributed by atoms with E-state index in [-0.39, 0.29) is 11.4 Å². The highest BCUT2D eigenvalue weighted by Crippen LogP contribution is 2.33. The van der Waals surface area contributed by atoms with Crippen LogP contribution >= 0.6 is 0 Å². The number of hydrogen-bond donors (Lipinski definition) is 3. The van der Waals surface area contributed by atoms with Gasteiger partial charge in [-0.1, -0.05) is 6.07 Å². The number of nitrogens with one attached hydrogen (secondary N) is 3. The van der Waals surface area contributed by atoms with Crippen LogP contribution in [0.5, 0.6) is 5.75 Å². The summed E-state index contributed by atoms with van der Waals surface area (Å²) in [6, 6.07) is 11.6. The van der Waals surface area contributed by atoms with E-state index in [9.17, 15) is 4.39 Å². The summed E-state index contributed by atoms with van der Waals surface area (Å²) in [4.78, 5) is 17.6. The van der Waals surface area contributed by atoms with Crippen molar-refractivity contribution in [2.24, 2.45) is 0 Å². The van der Waals surface area contributed by atoms with Crippen LogP contribution in [-0.2, 0) is 0 Å². The Morgan fingerprint density at radius 3 is 2.71 bits per heavy atom. The summed E-state index contributed by atoms with van der Waals surface area (Å²) in [6.45, 7) is 8.65. The van der Waals surface area contributed by atoms with Gasteiger partial charge in [0.25, 0.3) is 0 Å². The normalized spacial score (nSPS) is 17.4. The number of rotatable bonds is 5. The highest BCUT2D eigenvalue weighted by molar-refractivity contribution is 5.65. The molecule has 1 aromatic carbocycles. The van der Waals surface area contributed by atoms with Crippen molar-refractivity contribution in [2.75, 3.05) is 60.6 Å². The third-order valence-corrected chi connectivity index (χ3v) is 5.89. The highest BCUT2D eigenvalue weighted by atomic mass is 19.1. The van der Waals surface area contributed by atoms with Crippen molar-refractivity contribution in [3.63, 3.8) is 0 Å². The second-order valence-electron chi connectivity index (χ2n) is 9.24. The lowest BCUT2D eigenvalue weighted by molar-refractivity contribution is 0.115. The van der Waals surface area contributed by atoms with Crippen molar-refractivity contribution in [1.29, 1.82) is 0 Å². The Labute approximate surface area is 198 Å². The van der Waals surface area contributed by atoms with Crippen LogP contribution in [0.3, 0.4) is 0 Å². The molecule has 2 aromatic heterocycles. The molecular weight excluding hydrogens is 435 g/mol. The Morgan fingerprint density at radius 1 is 1.06 bits per heavy atom. The van der Waals surface area contributed by atoms with Crippen molar-refractivity contribution >= 4 is 34.8 Å². The monoisotopic (exact) mass is 464 g/mol. The molecule has 3 N–H and O–H groups in total. The molecular formula is C24H29FN8O. The van der Waals surface area contributed by atoms with Crippen LogP contribution < -0.4 is 25.6 Å². The van der Waals surface area contributed by atoms with Gasteiger partial charge in [-0.05, 0) is 51.2 Å². The van der Waals surface area contributed by atoms with E-state index in [0.29, 0.717) is 29.9 Å². The molecule has 10 heteroatoms. The number of likely N-dealkylation sites (N-methyl/N-ethyl adjacent to an activating group) is 1. The Hall–Kier alpha value is -3.66. The number of hydrogen-bond acceptors (Lipinski definition) is 9. The van der Waals surface area contributed by atoms with Gasteiger partial charge in [0.1, 0.15) is 11.4 Å². The van der Waals surface area contributed by atoms with E-state index in [0.717, 1.165) is 43.8 Å². The molecule has 0 aliphatic carbocycles. The summed E-state index contributed by atoms with van der Waals surface area (Å²) in [5.41, 5.74) is 1.66. The van der Waals surface area contributed by atoms with E-state index in [2.05, 4.69) is 59.9 Å². The summed E-state index contributed by atoms with van der Waals surface area (Å²) in [5, 5.41) is 9.39. The van der Waals surface area contributed by atoms with Crippen molar-refractivity contribution in [3.8, 4) is 5.75 Å². The number of halogens is 1. The van der Waals surface area contributed by atoms with Crippen LogP contribution in [0.4, 0.5) is 39.2 Å². The van der Waals surface area contributed by atoms with Crippen molar-refractivity contribution in [3.05, 3.63) is 48.4 Å². The SMILES string of the molecule is CN1CCN(c2cccc(Nc3ncc(F)c(Nc4ccc5c(n4)NCC(C)(C)O5)n3)c2)CC1. The summed E-state index contributed by atoms with van der Waals surface area (Å²) in [6.07, 6.45) is 1.14.